The molecule has 2 nitrogen and oxygen atoms in total. The fourth-order valence-corrected chi connectivity index (χ4v) is 2.07. The van der Waals surface area contributed by atoms with Gasteiger partial charge >= 0.3 is 6.18 Å². The number of halogens is 3. The summed E-state index contributed by atoms with van der Waals surface area (Å²) >= 11 is 0. The molecular weight excluding hydrogens is 277 g/mol. The molecule has 0 aliphatic carbocycles. The van der Waals surface area contributed by atoms with Gasteiger partial charge in [-0.1, -0.05) is 36.4 Å². The molecule has 106 valence electrons. The van der Waals surface area contributed by atoms with E-state index >= 15 is 0 Å². The number of rotatable bonds is 2. The van der Waals surface area contributed by atoms with Crippen LogP contribution in [0, 0.1) is 0 Å². The normalized spacial score (nSPS) is 11.6. The van der Waals surface area contributed by atoms with Crippen LogP contribution in [-0.4, -0.2) is 9.78 Å². The lowest BCUT2D eigenvalue weighted by Crippen LogP contribution is -2.06. The van der Waals surface area contributed by atoms with Gasteiger partial charge in [-0.05, 0) is 23.8 Å². The Labute approximate surface area is 119 Å². The van der Waals surface area contributed by atoms with Crippen LogP contribution < -0.4 is 0 Å². The van der Waals surface area contributed by atoms with Gasteiger partial charge < -0.3 is 0 Å². The van der Waals surface area contributed by atoms with Crippen molar-refractivity contribution in [2.45, 2.75) is 6.18 Å². The first-order chi connectivity index (χ1) is 10.0. The Balaban J connectivity index is 1.97. The molecule has 0 unspecified atom stereocenters. The molecule has 0 aliphatic rings. The maximum absolute atomic E-state index is 12.7. The molecule has 0 radical (unpaired) electrons. The average molecular weight is 288 g/mol. The van der Waals surface area contributed by atoms with Gasteiger partial charge in [-0.15, -0.1) is 0 Å². The standard InChI is InChI=1S/C16H11F3N2/c17-16(18,19)14-7-4-8-15(9-14)21-11-13(10-20-21)12-5-2-1-3-6-12/h1-11H. The van der Waals surface area contributed by atoms with Gasteiger partial charge in [-0.2, -0.15) is 18.3 Å². The molecule has 0 N–H and O–H groups in total. The molecule has 3 aromatic rings. The van der Waals surface area contributed by atoms with E-state index in [4.69, 9.17) is 0 Å². The molecule has 21 heavy (non-hydrogen) atoms. The van der Waals surface area contributed by atoms with Crippen LogP contribution in [0.2, 0.25) is 0 Å². The summed E-state index contributed by atoms with van der Waals surface area (Å²) in [7, 11) is 0. The largest absolute Gasteiger partial charge is 0.416 e. The van der Waals surface area contributed by atoms with Crippen LogP contribution in [0.25, 0.3) is 16.8 Å². The SMILES string of the molecule is FC(F)(F)c1cccc(-n2cc(-c3ccccc3)cn2)c1. The molecule has 2 aromatic carbocycles. The first-order valence-corrected chi connectivity index (χ1v) is 6.32. The summed E-state index contributed by atoms with van der Waals surface area (Å²) in [6, 6.07) is 14.7. The second-order valence-electron chi connectivity index (χ2n) is 4.59. The summed E-state index contributed by atoms with van der Waals surface area (Å²) < 4.78 is 39.6. The minimum atomic E-state index is -4.36. The molecule has 0 fully saturated rings. The minimum Gasteiger partial charge on any atom is -0.240 e. The van der Waals surface area contributed by atoms with Crippen molar-refractivity contribution < 1.29 is 13.2 Å². The van der Waals surface area contributed by atoms with Gasteiger partial charge in [0.1, 0.15) is 0 Å². The lowest BCUT2D eigenvalue weighted by molar-refractivity contribution is -0.137. The summed E-state index contributed by atoms with van der Waals surface area (Å²) in [5.41, 5.74) is 1.52. The fourth-order valence-electron chi connectivity index (χ4n) is 2.07. The molecule has 0 saturated carbocycles. The summed E-state index contributed by atoms with van der Waals surface area (Å²) in [4.78, 5) is 0. The fraction of sp³-hybridized carbons (Fsp3) is 0.0625. The lowest BCUT2D eigenvalue weighted by Gasteiger charge is -2.08. The van der Waals surface area contributed by atoms with Crippen molar-refractivity contribution in [3.05, 3.63) is 72.6 Å². The van der Waals surface area contributed by atoms with Crippen LogP contribution in [0.3, 0.4) is 0 Å². The van der Waals surface area contributed by atoms with Crippen LogP contribution in [0.5, 0.6) is 0 Å². The molecule has 0 amide bonds. The average Bonchev–Trinajstić information content (AvgIpc) is 2.97. The Morgan fingerprint density at radius 3 is 2.33 bits per heavy atom. The number of hydrogen-bond donors (Lipinski definition) is 0. The highest BCUT2D eigenvalue weighted by Gasteiger charge is 2.30. The Morgan fingerprint density at radius 2 is 1.62 bits per heavy atom. The molecule has 0 bridgehead atoms. The molecular formula is C16H11F3N2. The van der Waals surface area contributed by atoms with E-state index in [2.05, 4.69) is 5.10 Å². The summed E-state index contributed by atoms with van der Waals surface area (Å²) in [5.74, 6) is 0. The number of nitrogens with zero attached hydrogens (tertiary/aromatic N) is 2. The second-order valence-corrected chi connectivity index (χ2v) is 4.59. The highest BCUT2D eigenvalue weighted by molar-refractivity contribution is 5.62. The van der Waals surface area contributed by atoms with Crippen molar-refractivity contribution in [2.24, 2.45) is 0 Å². The Morgan fingerprint density at radius 1 is 0.857 bits per heavy atom. The summed E-state index contributed by atoms with van der Waals surface area (Å²) in [6.07, 6.45) is -1.01. The van der Waals surface area contributed by atoms with Crippen molar-refractivity contribution >= 4 is 0 Å². The molecule has 0 saturated heterocycles. The smallest absolute Gasteiger partial charge is 0.240 e. The van der Waals surface area contributed by atoms with E-state index in [1.165, 1.54) is 10.7 Å². The predicted molar refractivity (Wildman–Crippen MR) is 74.0 cm³/mol. The van der Waals surface area contributed by atoms with Crippen molar-refractivity contribution in [2.75, 3.05) is 0 Å². The molecule has 1 heterocycles. The van der Waals surface area contributed by atoms with Crippen LogP contribution in [-0.2, 0) is 6.18 Å². The molecule has 0 spiro atoms. The van der Waals surface area contributed by atoms with Crippen LogP contribution in [0.4, 0.5) is 13.2 Å². The molecule has 1 aromatic heterocycles. The maximum atomic E-state index is 12.7. The zero-order valence-electron chi connectivity index (χ0n) is 10.9. The predicted octanol–water partition coefficient (Wildman–Crippen LogP) is 4.56. The topological polar surface area (TPSA) is 17.8 Å². The number of aromatic nitrogens is 2. The summed E-state index contributed by atoms with van der Waals surface area (Å²) in [5, 5.41) is 4.14. The minimum absolute atomic E-state index is 0.381. The highest BCUT2D eigenvalue weighted by Crippen LogP contribution is 2.30. The Hall–Kier alpha value is -2.56. The molecule has 0 atom stereocenters. The molecule has 5 heteroatoms. The van der Waals surface area contributed by atoms with Crippen LogP contribution in [0.15, 0.2) is 67.0 Å². The van der Waals surface area contributed by atoms with E-state index in [9.17, 15) is 13.2 Å². The molecule has 3 rings (SSSR count). The van der Waals surface area contributed by atoms with Gasteiger partial charge in [-0.25, -0.2) is 4.68 Å². The zero-order valence-corrected chi connectivity index (χ0v) is 10.9. The first-order valence-electron chi connectivity index (χ1n) is 6.32. The highest BCUT2D eigenvalue weighted by atomic mass is 19.4. The van der Waals surface area contributed by atoms with Gasteiger partial charge in [0.2, 0.25) is 0 Å². The third-order valence-corrected chi connectivity index (χ3v) is 3.13. The van der Waals surface area contributed by atoms with Gasteiger partial charge in [0.05, 0.1) is 17.4 Å². The van der Waals surface area contributed by atoms with E-state index in [-0.39, 0.29) is 0 Å². The Kier molecular flexibility index (Phi) is 3.25. The number of alkyl halides is 3. The van der Waals surface area contributed by atoms with E-state index < -0.39 is 11.7 Å². The van der Waals surface area contributed by atoms with E-state index in [1.54, 1.807) is 18.5 Å². The van der Waals surface area contributed by atoms with Gasteiger partial charge in [0.15, 0.2) is 0 Å². The maximum Gasteiger partial charge on any atom is 0.416 e. The van der Waals surface area contributed by atoms with E-state index in [0.29, 0.717) is 5.69 Å². The third kappa shape index (κ3) is 2.81. The summed E-state index contributed by atoms with van der Waals surface area (Å²) in [6.45, 7) is 0. The van der Waals surface area contributed by atoms with E-state index in [0.717, 1.165) is 23.3 Å². The third-order valence-electron chi connectivity index (χ3n) is 3.13. The second kappa shape index (κ2) is 5.09. The molecule has 0 aliphatic heterocycles. The lowest BCUT2D eigenvalue weighted by atomic mass is 10.1. The van der Waals surface area contributed by atoms with Crippen molar-refractivity contribution in [1.82, 2.24) is 9.78 Å². The zero-order chi connectivity index (χ0) is 14.9. The van der Waals surface area contributed by atoms with Gasteiger partial charge in [0, 0.05) is 11.8 Å². The number of benzene rings is 2. The first kappa shape index (κ1) is 13.4. The number of hydrogen-bond acceptors (Lipinski definition) is 1. The van der Waals surface area contributed by atoms with Crippen molar-refractivity contribution in [1.29, 1.82) is 0 Å². The van der Waals surface area contributed by atoms with E-state index in [1.807, 2.05) is 30.3 Å². The van der Waals surface area contributed by atoms with Crippen LogP contribution in [0.1, 0.15) is 5.56 Å². The monoisotopic (exact) mass is 288 g/mol. The van der Waals surface area contributed by atoms with Crippen molar-refractivity contribution in [3.63, 3.8) is 0 Å². The Bertz CT molecular complexity index is 745. The van der Waals surface area contributed by atoms with Gasteiger partial charge in [-0.3, -0.25) is 0 Å². The van der Waals surface area contributed by atoms with Crippen molar-refractivity contribution in [3.8, 4) is 16.8 Å². The van der Waals surface area contributed by atoms with Crippen LogP contribution >= 0.6 is 0 Å². The van der Waals surface area contributed by atoms with Gasteiger partial charge in [0.25, 0.3) is 0 Å². The quantitative estimate of drug-likeness (QED) is 0.676.